The van der Waals surface area contributed by atoms with Gasteiger partial charge in [0.25, 0.3) is 0 Å². The molecular weight excluding hydrogens is 536 g/mol. The van der Waals surface area contributed by atoms with Crippen LogP contribution >= 0.6 is 0 Å². The highest BCUT2D eigenvalue weighted by molar-refractivity contribution is 5.85. The van der Waals surface area contributed by atoms with E-state index in [2.05, 4.69) is 66.2 Å². The van der Waals surface area contributed by atoms with Crippen molar-refractivity contribution in [1.82, 2.24) is 10.6 Å². The molecule has 3 atom stereocenters. The topological polar surface area (TPSA) is 120 Å². The first-order valence-electron chi connectivity index (χ1n) is 14.7. The number of nitrogens with one attached hydrogen (secondary N) is 2. The number of alkyl carbamates (subject to hydrolysis) is 1. The summed E-state index contributed by atoms with van der Waals surface area (Å²) in [5, 5.41) is 4.95. The highest BCUT2D eigenvalue weighted by atomic mass is 16.6. The van der Waals surface area contributed by atoms with Crippen molar-refractivity contribution in [1.29, 1.82) is 0 Å². The second-order valence-electron chi connectivity index (χ2n) is 10.7. The van der Waals surface area contributed by atoms with Crippen LogP contribution in [0.3, 0.4) is 0 Å². The zero-order valence-electron chi connectivity index (χ0n) is 26.5. The third-order valence-electron chi connectivity index (χ3n) is 5.55. The average Bonchev–Trinajstić information content (AvgIpc) is 2.91. The molecule has 236 valence electrons. The van der Waals surface area contributed by atoms with E-state index in [-0.39, 0.29) is 12.3 Å². The second kappa shape index (κ2) is 23.0. The first-order valence-corrected chi connectivity index (χ1v) is 14.7. The van der Waals surface area contributed by atoms with Gasteiger partial charge in [-0.1, -0.05) is 67.7 Å². The number of amides is 2. The fourth-order valence-corrected chi connectivity index (χ4v) is 3.40. The van der Waals surface area contributed by atoms with Crippen molar-refractivity contribution in [3.05, 3.63) is 60.8 Å². The number of esters is 2. The number of unbranched alkanes of at least 4 members (excludes halogenated alkanes) is 1. The fourth-order valence-electron chi connectivity index (χ4n) is 3.40. The second-order valence-corrected chi connectivity index (χ2v) is 10.7. The Kier molecular flexibility index (Phi) is 21.0. The Labute approximate surface area is 252 Å². The minimum absolute atomic E-state index is 0.215. The molecule has 0 saturated heterocycles. The van der Waals surface area contributed by atoms with E-state index in [0.717, 1.165) is 45.6 Å². The average molecular weight is 589 g/mol. The van der Waals surface area contributed by atoms with E-state index in [9.17, 15) is 19.2 Å². The third-order valence-corrected chi connectivity index (χ3v) is 5.55. The van der Waals surface area contributed by atoms with Gasteiger partial charge in [0.15, 0.2) is 6.04 Å². The number of rotatable bonds is 19. The van der Waals surface area contributed by atoms with Crippen LogP contribution < -0.4 is 10.6 Å². The molecule has 0 aliphatic rings. The molecule has 0 rings (SSSR count). The van der Waals surface area contributed by atoms with Crippen molar-refractivity contribution in [2.45, 2.75) is 117 Å². The summed E-state index contributed by atoms with van der Waals surface area (Å²) in [6.07, 6.45) is 25.9. The van der Waals surface area contributed by atoms with Crippen molar-refractivity contribution in [3.8, 4) is 0 Å². The Morgan fingerprint density at radius 3 is 1.71 bits per heavy atom. The van der Waals surface area contributed by atoms with E-state index < -0.39 is 41.8 Å². The van der Waals surface area contributed by atoms with Gasteiger partial charge in [0, 0.05) is 6.42 Å². The molecule has 0 aromatic heterocycles. The summed E-state index contributed by atoms with van der Waals surface area (Å²) in [6, 6.07) is -2.22. The zero-order valence-corrected chi connectivity index (χ0v) is 26.5. The summed E-state index contributed by atoms with van der Waals surface area (Å²) in [7, 11) is 1.15. The van der Waals surface area contributed by atoms with Gasteiger partial charge in [0.05, 0.1) is 7.11 Å². The molecule has 0 aromatic carbocycles. The van der Waals surface area contributed by atoms with Gasteiger partial charge in [-0.3, -0.25) is 4.79 Å². The van der Waals surface area contributed by atoms with E-state index in [1.54, 1.807) is 20.8 Å². The van der Waals surface area contributed by atoms with Crippen LogP contribution in [0.4, 0.5) is 4.79 Å². The predicted octanol–water partition coefficient (Wildman–Crippen LogP) is 6.41. The smallest absolute Gasteiger partial charge is 0.408 e. The van der Waals surface area contributed by atoms with Gasteiger partial charge in [-0.05, 0) is 79.6 Å². The monoisotopic (exact) mass is 588 g/mol. The molecule has 42 heavy (non-hydrogen) atoms. The number of hydrogen-bond acceptors (Lipinski definition) is 7. The van der Waals surface area contributed by atoms with Crippen LogP contribution in [0.2, 0.25) is 0 Å². The Balaban J connectivity index is 4.31. The molecule has 0 radical (unpaired) electrons. The molecule has 9 nitrogen and oxygen atoms in total. The van der Waals surface area contributed by atoms with Crippen molar-refractivity contribution >= 4 is 23.9 Å². The summed E-state index contributed by atoms with van der Waals surface area (Å²) in [5.74, 6) is -1.85. The van der Waals surface area contributed by atoms with Gasteiger partial charge < -0.3 is 24.8 Å². The summed E-state index contributed by atoms with van der Waals surface area (Å²) < 4.78 is 15.2. The van der Waals surface area contributed by atoms with Gasteiger partial charge >= 0.3 is 18.0 Å². The summed E-state index contributed by atoms with van der Waals surface area (Å²) >= 11 is 0. The Morgan fingerprint density at radius 1 is 0.714 bits per heavy atom. The van der Waals surface area contributed by atoms with E-state index >= 15 is 0 Å². The van der Waals surface area contributed by atoms with Crippen molar-refractivity contribution in [3.63, 3.8) is 0 Å². The van der Waals surface area contributed by atoms with Crippen molar-refractivity contribution in [2.75, 3.05) is 7.11 Å². The lowest BCUT2D eigenvalue weighted by Crippen LogP contribution is -2.52. The first kappa shape index (κ1) is 38.4. The van der Waals surface area contributed by atoms with Crippen LogP contribution in [0.15, 0.2) is 60.8 Å². The lowest BCUT2D eigenvalue weighted by Gasteiger charge is -2.26. The number of carbonyl (C=O) groups excluding carboxylic acids is 4. The maximum atomic E-state index is 12.5. The van der Waals surface area contributed by atoms with Gasteiger partial charge in [-0.25, -0.2) is 14.4 Å². The van der Waals surface area contributed by atoms with Gasteiger partial charge in [-0.2, -0.15) is 0 Å². The van der Waals surface area contributed by atoms with Crippen LogP contribution in [0, 0.1) is 0 Å². The molecule has 2 amide bonds. The van der Waals surface area contributed by atoms with E-state index in [1.807, 2.05) is 12.2 Å². The molecule has 0 heterocycles. The highest BCUT2D eigenvalue weighted by Crippen LogP contribution is 2.09. The number of allylic oxidation sites excluding steroid dienone is 10. The van der Waals surface area contributed by atoms with Crippen molar-refractivity contribution < 1.29 is 33.4 Å². The van der Waals surface area contributed by atoms with Gasteiger partial charge in [0.1, 0.15) is 17.7 Å². The molecule has 0 aromatic rings. The molecule has 0 bridgehead atoms. The zero-order chi connectivity index (χ0) is 31.8. The molecule has 0 spiro atoms. The number of hydrogen-bond donors (Lipinski definition) is 2. The lowest BCUT2D eigenvalue weighted by atomic mass is 10.1. The van der Waals surface area contributed by atoms with Crippen LogP contribution in [-0.4, -0.2) is 54.8 Å². The quantitative estimate of drug-likeness (QED) is 0.0774. The summed E-state index contributed by atoms with van der Waals surface area (Å²) in [5.41, 5.74) is -0.781. The third kappa shape index (κ3) is 21.2. The standard InChI is InChI=1S/C33H52N2O7/c1-8-9-10-11-12-13-14-15-16-17-18-19-20-21-22-23-24-25-28(36)34-26(2)30(37)41-27(3)29(31(38)40-7)35-32(39)42-33(4,5)6/h9-10,12-13,15-16,19-20,22-23,26-27,29H,8,11,14,17-18,21,24-25H2,1-7H3,(H,34,36)(H,35,39)/b10-9-,13-12-,16-15-,20-19-,23-22-/t26-,27+,29-/m0/s1. The maximum absolute atomic E-state index is 12.5. The SMILES string of the molecule is CC/C=C\C/C=C\C/C=C\CC/C=C\C/C=C\CCC(=O)N[C@@H](C)C(=O)O[C@H](C)[C@H](NC(=O)OC(C)(C)C)C(=O)OC. The van der Waals surface area contributed by atoms with Crippen LogP contribution in [0.1, 0.15) is 92.9 Å². The molecular formula is C33H52N2O7. The highest BCUT2D eigenvalue weighted by Gasteiger charge is 2.33. The largest absolute Gasteiger partial charge is 0.467 e. The fraction of sp³-hybridized carbons (Fsp3) is 0.576. The molecule has 2 N–H and O–H groups in total. The first-order chi connectivity index (χ1) is 19.9. The Hall–Kier alpha value is -3.62. The Bertz CT molecular complexity index is 958. The predicted molar refractivity (Wildman–Crippen MR) is 167 cm³/mol. The number of methoxy groups -OCH3 is 1. The van der Waals surface area contributed by atoms with E-state index in [0.29, 0.717) is 6.42 Å². The molecule has 0 aliphatic heterocycles. The number of carbonyl (C=O) groups is 4. The van der Waals surface area contributed by atoms with E-state index in [4.69, 9.17) is 14.2 Å². The van der Waals surface area contributed by atoms with Crippen LogP contribution in [-0.2, 0) is 28.6 Å². The molecule has 0 unspecified atom stereocenters. The minimum Gasteiger partial charge on any atom is -0.467 e. The number of ether oxygens (including phenoxy) is 3. The molecule has 0 saturated carbocycles. The summed E-state index contributed by atoms with van der Waals surface area (Å²) in [6.45, 7) is 10.1. The van der Waals surface area contributed by atoms with Crippen LogP contribution in [0.25, 0.3) is 0 Å². The molecule has 0 fully saturated rings. The van der Waals surface area contributed by atoms with E-state index in [1.165, 1.54) is 13.8 Å². The Morgan fingerprint density at radius 2 is 1.21 bits per heavy atom. The summed E-state index contributed by atoms with van der Waals surface area (Å²) in [4.78, 5) is 49.0. The molecule has 9 heteroatoms. The maximum Gasteiger partial charge on any atom is 0.408 e. The lowest BCUT2D eigenvalue weighted by molar-refractivity contribution is -0.158. The molecule has 0 aliphatic carbocycles. The van der Waals surface area contributed by atoms with Gasteiger partial charge in [0.2, 0.25) is 5.91 Å². The normalized spacial score (nSPS) is 14.5. The van der Waals surface area contributed by atoms with Gasteiger partial charge in [-0.15, -0.1) is 0 Å². The van der Waals surface area contributed by atoms with Crippen LogP contribution in [0.5, 0.6) is 0 Å². The minimum atomic E-state index is -1.28. The van der Waals surface area contributed by atoms with Crippen molar-refractivity contribution in [2.24, 2.45) is 0 Å².